The molecule has 11 heteroatoms. The van der Waals surface area contributed by atoms with Gasteiger partial charge >= 0.3 is 0 Å². The summed E-state index contributed by atoms with van der Waals surface area (Å²) in [4.78, 5) is 29.6. The monoisotopic (exact) mass is 603 g/mol. The highest BCUT2D eigenvalue weighted by Crippen LogP contribution is 2.36. The Labute approximate surface area is 249 Å². The summed E-state index contributed by atoms with van der Waals surface area (Å²) in [6, 6.07) is 17.7. The van der Waals surface area contributed by atoms with E-state index in [1.165, 1.54) is 24.3 Å². The molecule has 0 aliphatic heterocycles. The number of aliphatic hydroxyl groups is 2. The van der Waals surface area contributed by atoms with Gasteiger partial charge in [-0.3, -0.25) is 9.59 Å². The van der Waals surface area contributed by atoms with E-state index < -0.39 is 46.9 Å². The van der Waals surface area contributed by atoms with Gasteiger partial charge in [0.15, 0.2) is 15.6 Å². The van der Waals surface area contributed by atoms with Gasteiger partial charge in [0.2, 0.25) is 0 Å². The summed E-state index contributed by atoms with van der Waals surface area (Å²) >= 11 is 0. The number of amides is 1. The number of ketones is 1. The molecule has 1 amide bonds. The fraction of sp³-hybridized carbons (Fsp3) is 0.281. The van der Waals surface area contributed by atoms with Gasteiger partial charge < -0.3 is 24.8 Å². The number of benzene rings is 3. The van der Waals surface area contributed by atoms with Crippen LogP contribution in [0.25, 0.3) is 0 Å². The number of hydrogen-bond donors (Lipinski definition) is 3. The van der Waals surface area contributed by atoms with Crippen molar-refractivity contribution in [2.24, 2.45) is 0 Å². The van der Waals surface area contributed by atoms with Crippen molar-refractivity contribution in [2.75, 3.05) is 13.2 Å². The molecule has 1 aromatic heterocycles. The predicted molar refractivity (Wildman–Crippen MR) is 159 cm³/mol. The minimum absolute atomic E-state index is 0.0366. The fourth-order valence-corrected chi connectivity index (χ4v) is 6.64. The summed E-state index contributed by atoms with van der Waals surface area (Å²) < 4.78 is 36.2. The van der Waals surface area contributed by atoms with Crippen molar-refractivity contribution in [2.45, 2.75) is 48.6 Å². The van der Waals surface area contributed by atoms with Crippen molar-refractivity contribution in [1.82, 2.24) is 14.9 Å². The summed E-state index contributed by atoms with van der Waals surface area (Å²) in [5.41, 5.74) is 2.55. The lowest BCUT2D eigenvalue weighted by atomic mass is 9.87. The molecule has 1 unspecified atom stereocenters. The van der Waals surface area contributed by atoms with E-state index in [2.05, 4.69) is 10.3 Å². The van der Waals surface area contributed by atoms with Gasteiger partial charge in [-0.05, 0) is 54.3 Å². The third-order valence-electron chi connectivity index (χ3n) is 7.46. The van der Waals surface area contributed by atoms with Crippen LogP contribution in [0.15, 0.2) is 90.3 Å². The molecular weight excluding hydrogens is 570 g/mol. The third-order valence-corrected chi connectivity index (χ3v) is 9.10. The van der Waals surface area contributed by atoms with Crippen LogP contribution in [-0.2, 0) is 28.6 Å². The summed E-state index contributed by atoms with van der Waals surface area (Å²) in [5, 5.41) is 21.1. The first-order chi connectivity index (χ1) is 20.8. The molecule has 1 aliphatic rings. The van der Waals surface area contributed by atoms with Crippen LogP contribution < -0.4 is 10.1 Å². The van der Waals surface area contributed by atoms with Crippen molar-refractivity contribution in [3.63, 3.8) is 0 Å². The molecule has 10 nitrogen and oxygen atoms in total. The number of sulfone groups is 1. The molecule has 4 aromatic rings. The molecule has 0 bridgehead atoms. The average Bonchev–Trinajstić information content (AvgIpc) is 3.54. The number of Topliss-reactive ketones (excluding diaryl/α,β-unsaturated/α-hetero) is 1. The number of carbonyl (C=O) groups is 2. The molecule has 3 N–H and O–H groups in total. The van der Waals surface area contributed by atoms with Crippen LogP contribution >= 0.6 is 0 Å². The predicted octanol–water partition coefficient (Wildman–Crippen LogP) is 3.28. The quantitative estimate of drug-likeness (QED) is 0.224. The lowest BCUT2D eigenvalue weighted by molar-refractivity contribution is 0.0878. The molecule has 224 valence electrons. The second kappa shape index (κ2) is 13.3. The van der Waals surface area contributed by atoms with Gasteiger partial charge in [-0.2, -0.15) is 0 Å². The standard InChI is InChI=1S/C32H33N3O7S/c36-18-24(19-37)34-32(39)23-8-4-9-25(16-23)43(40,41)20-28-26-10-5-11-29(38)27(26)12-13-30(28)42-31(17-35-15-14-33-21-35)22-6-2-1-3-7-22/h1-4,6-9,12-16,21,24,31,36-37H,5,10-11,17-20H2,(H,34,39). The number of fused-ring (bicyclic) bond motifs is 1. The van der Waals surface area contributed by atoms with Crippen molar-refractivity contribution in [3.8, 4) is 5.75 Å². The molecule has 0 spiro atoms. The van der Waals surface area contributed by atoms with Crippen molar-refractivity contribution >= 4 is 21.5 Å². The highest BCUT2D eigenvalue weighted by molar-refractivity contribution is 7.90. The number of ether oxygens (including phenoxy) is 1. The van der Waals surface area contributed by atoms with E-state index >= 15 is 0 Å². The normalized spacial score (nSPS) is 13.9. The zero-order valence-electron chi connectivity index (χ0n) is 23.4. The third kappa shape index (κ3) is 7.02. The largest absolute Gasteiger partial charge is 0.484 e. The Balaban J connectivity index is 1.52. The minimum Gasteiger partial charge on any atom is -0.484 e. The molecule has 0 saturated carbocycles. The van der Waals surface area contributed by atoms with Crippen LogP contribution in [0.3, 0.4) is 0 Å². The number of hydrogen-bond acceptors (Lipinski definition) is 8. The number of nitrogens with zero attached hydrogens (tertiary/aromatic N) is 2. The number of nitrogens with one attached hydrogen (secondary N) is 1. The Morgan fingerprint density at radius 3 is 2.53 bits per heavy atom. The SMILES string of the molecule is O=C(NC(CO)CO)c1cccc(S(=O)(=O)Cc2c(OC(Cn3ccnc3)c3ccccc3)ccc3c2CCCC3=O)c1. The molecule has 1 atom stereocenters. The number of aliphatic hydroxyl groups excluding tert-OH is 2. The first kappa shape index (κ1) is 30.1. The Morgan fingerprint density at radius 2 is 1.81 bits per heavy atom. The van der Waals surface area contributed by atoms with Gasteiger partial charge in [0, 0.05) is 35.5 Å². The maximum Gasteiger partial charge on any atom is 0.251 e. The Hall–Kier alpha value is -4.32. The minimum atomic E-state index is -4.02. The zero-order chi connectivity index (χ0) is 30.4. The van der Waals surface area contributed by atoms with Crippen molar-refractivity contribution in [1.29, 1.82) is 0 Å². The zero-order valence-corrected chi connectivity index (χ0v) is 24.2. The molecule has 1 heterocycles. The van der Waals surface area contributed by atoms with Gasteiger partial charge in [-0.1, -0.05) is 36.4 Å². The number of rotatable bonds is 12. The van der Waals surface area contributed by atoms with E-state index in [-0.39, 0.29) is 16.2 Å². The molecule has 1 aliphatic carbocycles. The van der Waals surface area contributed by atoms with Crippen LogP contribution in [0.4, 0.5) is 0 Å². The van der Waals surface area contributed by atoms with E-state index in [9.17, 15) is 28.2 Å². The topological polar surface area (TPSA) is 148 Å². The van der Waals surface area contributed by atoms with E-state index in [1.807, 2.05) is 41.1 Å². The van der Waals surface area contributed by atoms with Crippen LogP contribution in [0.5, 0.6) is 5.75 Å². The Morgan fingerprint density at radius 1 is 1.02 bits per heavy atom. The molecular formula is C32H33N3O7S. The number of imidazole rings is 1. The molecule has 3 aromatic carbocycles. The molecule has 0 saturated heterocycles. The summed E-state index contributed by atoms with van der Waals surface area (Å²) in [7, 11) is -4.02. The van der Waals surface area contributed by atoms with Gasteiger partial charge in [0.05, 0.1) is 42.8 Å². The lowest BCUT2D eigenvalue weighted by Gasteiger charge is -2.26. The van der Waals surface area contributed by atoms with Gasteiger partial charge in [0.25, 0.3) is 5.91 Å². The van der Waals surface area contributed by atoms with E-state index in [0.717, 1.165) is 5.56 Å². The highest BCUT2D eigenvalue weighted by atomic mass is 32.2. The second-order valence-electron chi connectivity index (χ2n) is 10.4. The fourth-order valence-electron chi connectivity index (χ4n) is 5.19. The van der Waals surface area contributed by atoms with Gasteiger partial charge in [-0.15, -0.1) is 0 Å². The van der Waals surface area contributed by atoms with Gasteiger partial charge in [-0.25, -0.2) is 13.4 Å². The van der Waals surface area contributed by atoms with E-state index in [0.29, 0.717) is 48.2 Å². The molecule has 0 radical (unpaired) electrons. The van der Waals surface area contributed by atoms with Crippen LogP contribution in [0, 0.1) is 0 Å². The summed E-state index contributed by atoms with van der Waals surface area (Å²) in [5.74, 6) is -0.729. The Bertz CT molecular complexity index is 1690. The smallest absolute Gasteiger partial charge is 0.251 e. The first-order valence-corrected chi connectivity index (χ1v) is 15.6. The van der Waals surface area contributed by atoms with E-state index in [1.54, 1.807) is 24.7 Å². The maximum atomic E-state index is 13.9. The van der Waals surface area contributed by atoms with Crippen LogP contribution in [-0.4, -0.2) is 59.1 Å². The second-order valence-corrected chi connectivity index (χ2v) is 12.4. The number of aromatic nitrogens is 2. The van der Waals surface area contributed by atoms with Crippen LogP contribution in [0.1, 0.15) is 56.4 Å². The molecule has 43 heavy (non-hydrogen) atoms. The van der Waals surface area contributed by atoms with Gasteiger partial charge in [0.1, 0.15) is 11.9 Å². The number of carbonyl (C=O) groups excluding carboxylic acids is 2. The molecule has 0 fully saturated rings. The maximum absolute atomic E-state index is 13.9. The van der Waals surface area contributed by atoms with Crippen LogP contribution in [0.2, 0.25) is 0 Å². The molecule has 5 rings (SSSR count). The van der Waals surface area contributed by atoms with Crippen molar-refractivity contribution < 1.29 is 33.0 Å². The van der Waals surface area contributed by atoms with E-state index in [4.69, 9.17) is 4.74 Å². The lowest BCUT2D eigenvalue weighted by Crippen LogP contribution is -2.40. The van der Waals surface area contributed by atoms with Crippen molar-refractivity contribution in [3.05, 3.63) is 113 Å². The summed E-state index contributed by atoms with van der Waals surface area (Å²) in [6.07, 6.45) is 6.23. The Kier molecular flexibility index (Phi) is 9.34. The first-order valence-electron chi connectivity index (χ1n) is 14.0. The summed E-state index contributed by atoms with van der Waals surface area (Å²) in [6.45, 7) is -0.511. The average molecular weight is 604 g/mol. The highest BCUT2D eigenvalue weighted by Gasteiger charge is 2.28.